The number of carboxylic acid groups (broad SMARTS) is 1. The number of benzene rings is 2. The fraction of sp³-hybridized carbons (Fsp3) is 0.370. The molecule has 232 valence electrons. The van der Waals surface area contributed by atoms with Gasteiger partial charge in [0.05, 0.1) is 29.1 Å². The molecule has 1 aliphatic heterocycles. The Hall–Kier alpha value is -4.54. The number of oxime groups is 1. The minimum Gasteiger partial charge on any atom is -0.481 e. The van der Waals surface area contributed by atoms with Crippen LogP contribution < -0.4 is 21.5 Å². The lowest BCUT2D eigenvalue weighted by Gasteiger charge is -2.25. The first kappa shape index (κ1) is 33.0. The molecule has 16 heteroatoms. The number of rotatable bonds is 14. The maximum atomic E-state index is 12.8. The number of hydrogen-bond donors (Lipinski definition) is 6. The average Bonchev–Trinajstić information content (AvgIpc) is 3.29. The molecular weight excluding hydrogens is 586 g/mol. The van der Waals surface area contributed by atoms with Crippen LogP contribution in [-0.2, 0) is 30.7 Å². The van der Waals surface area contributed by atoms with Crippen LogP contribution in [0.15, 0.2) is 52.6 Å². The van der Waals surface area contributed by atoms with E-state index in [1.165, 1.54) is 36.4 Å². The quantitative estimate of drug-likeness (QED) is 0.0535. The molecular formula is C27H33N5O10S. The number of esters is 1. The summed E-state index contributed by atoms with van der Waals surface area (Å²) in [6, 6.07) is 10.6. The van der Waals surface area contributed by atoms with E-state index in [0.29, 0.717) is 16.8 Å². The van der Waals surface area contributed by atoms with Gasteiger partial charge in [-0.2, -0.15) is 0 Å². The second-order valence-corrected chi connectivity index (χ2v) is 12.3. The first-order valence-corrected chi connectivity index (χ1v) is 15.0. The predicted molar refractivity (Wildman–Crippen MR) is 154 cm³/mol. The summed E-state index contributed by atoms with van der Waals surface area (Å²) in [5.74, 6) is -2.59. The molecule has 0 saturated heterocycles. The van der Waals surface area contributed by atoms with E-state index in [-0.39, 0.29) is 54.5 Å². The van der Waals surface area contributed by atoms with Crippen molar-refractivity contribution in [2.24, 2.45) is 21.6 Å². The SMILES string of the molecule is CS(=O)(=O)CCNC(=O)CCc1ccc(OC(=O)c2ccc(N=C(N)N)cc2)cc1C1=NOC(CC(=O)O)(CC(O)O)C1. The third kappa shape index (κ3) is 10.4. The molecule has 15 nitrogen and oxygen atoms in total. The highest BCUT2D eigenvalue weighted by Gasteiger charge is 2.43. The normalized spacial score (nSPS) is 16.2. The number of aliphatic imine (C=N–C) groups is 1. The van der Waals surface area contributed by atoms with Gasteiger partial charge in [0.1, 0.15) is 15.6 Å². The second kappa shape index (κ2) is 14.1. The number of aliphatic hydroxyl groups is 2. The summed E-state index contributed by atoms with van der Waals surface area (Å²) in [6.45, 7) is -0.0475. The molecule has 0 bridgehead atoms. The molecule has 0 aliphatic carbocycles. The zero-order valence-electron chi connectivity index (χ0n) is 23.2. The molecule has 0 fully saturated rings. The lowest BCUT2D eigenvalue weighted by molar-refractivity contribution is -0.152. The van der Waals surface area contributed by atoms with Gasteiger partial charge in [0.25, 0.3) is 0 Å². The minimum atomic E-state index is -3.25. The maximum Gasteiger partial charge on any atom is 0.343 e. The number of carboxylic acids is 1. The number of aliphatic hydroxyl groups excluding tert-OH is 1. The minimum absolute atomic E-state index is 0.0260. The van der Waals surface area contributed by atoms with E-state index in [2.05, 4.69) is 15.5 Å². The van der Waals surface area contributed by atoms with E-state index in [0.717, 1.165) is 6.26 Å². The molecule has 0 saturated carbocycles. The van der Waals surface area contributed by atoms with Gasteiger partial charge in [0, 0.05) is 37.6 Å². The van der Waals surface area contributed by atoms with E-state index in [4.69, 9.17) is 21.0 Å². The first-order valence-electron chi connectivity index (χ1n) is 13.0. The van der Waals surface area contributed by atoms with Crippen molar-refractivity contribution in [3.63, 3.8) is 0 Å². The van der Waals surface area contributed by atoms with Gasteiger partial charge in [-0.1, -0.05) is 11.2 Å². The zero-order valence-corrected chi connectivity index (χ0v) is 24.0. The number of hydrogen-bond acceptors (Lipinski definition) is 11. The Kier molecular flexibility index (Phi) is 10.8. The molecule has 0 aromatic heterocycles. The maximum absolute atomic E-state index is 12.8. The van der Waals surface area contributed by atoms with Crippen LogP contribution in [0.2, 0.25) is 0 Å². The zero-order chi connectivity index (χ0) is 31.8. The molecule has 2 aromatic rings. The Balaban J connectivity index is 1.85. The van der Waals surface area contributed by atoms with E-state index < -0.39 is 52.4 Å². The van der Waals surface area contributed by atoms with Crippen molar-refractivity contribution in [2.45, 2.75) is 44.0 Å². The highest BCUT2D eigenvalue weighted by atomic mass is 32.2. The Morgan fingerprint density at radius 2 is 1.86 bits per heavy atom. The summed E-state index contributed by atoms with van der Waals surface area (Å²) in [7, 11) is -3.25. The number of ether oxygens (including phenoxy) is 1. The standard InChI is InChI=1S/C27H33N5O10S/c1-43(39,40)11-10-30-22(33)9-5-16-4-8-19(41-25(38)17-2-6-18(7-3-17)31-26(28)29)12-20(16)21-13-27(42-32-21,14-23(34)35)15-24(36)37/h2-4,6-8,12,23,34-35H,5,9-11,13-15H2,1H3,(H,30,33)(H,36,37)(H4,28,29,31). The molecule has 1 heterocycles. The summed E-state index contributed by atoms with van der Waals surface area (Å²) in [5, 5.41) is 35.1. The van der Waals surface area contributed by atoms with Crippen LogP contribution in [0.5, 0.6) is 5.75 Å². The molecule has 0 radical (unpaired) electrons. The van der Waals surface area contributed by atoms with Gasteiger partial charge in [-0.25, -0.2) is 18.2 Å². The van der Waals surface area contributed by atoms with Gasteiger partial charge >= 0.3 is 11.9 Å². The van der Waals surface area contributed by atoms with E-state index in [9.17, 15) is 38.1 Å². The van der Waals surface area contributed by atoms with Crippen molar-refractivity contribution in [3.8, 4) is 5.75 Å². The van der Waals surface area contributed by atoms with Gasteiger partial charge in [-0.3, -0.25) is 9.59 Å². The van der Waals surface area contributed by atoms with Crippen LogP contribution in [0, 0.1) is 0 Å². The highest BCUT2D eigenvalue weighted by Crippen LogP contribution is 2.36. The van der Waals surface area contributed by atoms with Gasteiger partial charge in [0.2, 0.25) is 5.91 Å². The van der Waals surface area contributed by atoms with Gasteiger partial charge < -0.3 is 41.7 Å². The van der Waals surface area contributed by atoms with Crippen LogP contribution in [0.3, 0.4) is 0 Å². The van der Waals surface area contributed by atoms with E-state index in [1.807, 2.05) is 0 Å². The molecule has 8 N–H and O–H groups in total. The molecule has 3 rings (SSSR count). The van der Waals surface area contributed by atoms with Crippen molar-refractivity contribution in [1.82, 2.24) is 5.32 Å². The summed E-state index contributed by atoms with van der Waals surface area (Å²) >= 11 is 0. The lowest BCUT2D eigenvalue weighted by atomic mass is 9.86. The monoisotopic (exact) mass is 619 g/mol. The second-order valence-electron chi connectivity index (χ2n) is 10.0. The van der Waals surface area contributed by atoms with Crippen LogP contribution in [0.4, 0.5) is 5.69 Å². The Morgan fingerprint density at radius 3 is 2.47 bits per heavy atom. The number of carbonyl (C=O) groups excluding carboxylic acids is 2. The highest BCUT2D eigenvalue weighted by molar-refractivity contribution is 7.90. The van der Waals surface area contributed by atoms with Crippen LogP contribution >= 0.6 is 0 Å². The van der Waals surface area contributed by atoms with E-state index >= 15 is 0 Å². The van der Waals surface area contributed by atoms with Gasteiger partial charge in [-0.15, -0.1) is 0 Å². The molecule has 1 atom stereocenters. The van der Waals surface area contributed by atoms with Crippen molar-refractivity contribution in [3.05, 3.63) is 59.2 Å². The first-order chi connectivity index (χ1) is 20.1. The fourth-order valence-electron chi connectivity index (χ4n) is 4.36. The number of guanidine groups is 1. The third-order valence-corrected chi connectivity index (χ3v) is 7.19. The Morgan fingerprint density at radius 1 is 1.16 bits per heavy atom. The fourth-order valence-corrected chi connectivity index (χ4v) is 4.83. The van der Waals surface area contributed by atoms with Crippen LogP contribution in [0.25, 0.3) is 0 Å². The predicted octanol–water partition coefficient (Wildman–Crippen LogP) is -0.0572. The topological polar surface area (TPSA) is 253 Å². The van der Waals surface area contributed by atoms with Crippen molar-refractivity contribution < 1.29 is 47.7 Å². The van der Waals surface area contributed by atoms with E-state index in [1.54, 1.807) is 6.07 Å². The number of aliphatic carboxylic acids is 1. The number of sulfone groups is 1. The van der Waals surface area contributed by atoms with Crippen LogP contribution in [-0.4, -0.2) is 83.7 Å². The lowest BCUT2D eigenvalue weighted by Crippen LogP contribution is -2.36. The molecule has 43 heavy (non-hydrogen) atoms. The number of nitrogens with zero attached hydrogens (tertiary/aromatic N) is 2. The smallest absolute Gasteiger partial charge is 0.343 e. The molecule has 1 aliphatic rings. The van der Waals surface area contributed by atoms with Crippen LogP contribution in [0.1, 0.15) is 47.2 Å². The Labute approximate surface area is 247 Å². The summed E-state index contributed by atoms with van der Waals surface area (Å²) < 4.78 is 28.2. The van der Waals surface area contributed by atoms with Gasteiger partial charge in [-0.05, 0) is 48.4 Å². The van der Waals surface area contributed by atoms with Crippen molar-refractivity contribution in [1.29, 1.82) is 0 Å². The summed E-state index contributed by atoms with van der Waals surface area (Å²) in [5.41, 5.74) is 11.0. The molecule has 1 unspecified atom stereocenters. The number of nitrogens with two attached hydrogens (primary N) is 2. The largest absolute Gasteiger partial charge is 0.481 e. The number of aryl methyl sites for hydroxylation is 1. The Bertz CT molecular complexity index is 1520. The van der Waals surface area contributed by atoms with Gasteiger partial charge in [0.15, 0.2) is 17.9 Å². The summed E-state index contributed by atoms with van der Waals surface area (Å²) in [4.78, 5) is 46.0. The molecule has 1 amide bonds. The van der Waals surface area contributed by atoms with Crippen molar-refractivity contribution in [2.75, 3.05) is 18.6 Å². The summed E-state index contributed by atoms with van der Waals surface area (Å²) in [6.07, 6.45) is -1.79. The number of carbonyl (C=O) groups is 3. The third-order valence-electron chi connectivity index (χ3n) is 6.25. The average molecular weight is 620 g/mol. The molecule has 2 aromatic carbocycles. The number of amides is 1. The number of nitrogens with one attached hydrogen (secondary N) is 1. The van der Waals surface area contributed by atoms with Crippen molar-refractivity contribution >= 4 is 45.0 Å². The molecule has 0 spiro atoms.